The third-order valence-corrected chi connectivity index (χ3v) is 3.59. The predicted octanol–water partition coefficient (Wildman–Crippen LogP) is 2.08. The van der Waals surface area contributed by atoms with Gasteiger partial charge in [0.25, 0.3) is 0 Å². The molecule has 0 bridgehead atoms. The lowest BCUT2D eigenvalue weighted by Crippen LogP contribution is -2.34. The van der Waals surface area contributed by atoms with E-state index in [2.05, 4.69) is 21.2 Å². The van der Waals surface area contributed by atoms with E-state index in [0.717, 1.165) is 22.3 Å². The Hall–Kier alpha value is -0.620. The minimum atomic E-state index is 0.0760. The number of rotatable bonds is 7. The van der Waals surface area contributed by atoms with E-state index in [-0.39, 0.29) is 12.1 Å². The number of halogens is 1. The minimum absolute atomic E-state index is 0.0760. The molecule has 0 saturated heterocycles. The van der Waals surface area contributed by atoms with Crippen LogP contribution in [-0.2, 0) is 4.74 Å². The lowest BCUT2D eigenvalue weighted by Gasteiger charge is -2.21. The van der Waals surface area contributed by atoms with Gasteiger partial charge in [-0.15, -0.1) is 0 Å². The lowest BCUT2D eigenvalue weighted by molar-refractivity contribution is 0.114. The van der Waals surface area contributed by atoms with E-state index in [9.17, 15) is 0 Å². The first-order valence-electron chi connectivity index (χ1n) is 5.92. The quantitative estimate of drug-likeness (QED) is 0.808. The Morgan fingerprint density at radius 3 is 2.67 bits per heavy atom. The van der Waals surface area contributed by atoms with Gasteiger partial charge in [-0.3, -0.25) is 0 Å². The fourth-order valence-electron chi connectivity index (χ4n) is 1.63. The highest BCUT2D eigenvalue weighted by Crippen LogP contribution is 2.27. The van der Waals surface area contributed by atoms with Crippen LogP contribution >= 0.6 is 15.9 Å². The van der Waals surface area contributed by atoms with Crippen LogP contribution in [0.4, 0.5) is 0 Å². The summed E-state index contributed by atoms with van der Waals surface area (Å²) in [5.74, 6) is 0.827. The molecule has 0 aliphatic heterocycles. The van der Waals surface area contributed by atoms with Crippen molar-refractivity contribution in [2.45, 2.75) is 19.1 Å². The Morgan fingerprint density at radius 2 is 2.11 bits per heavy atom. The molecule has 0 fully saturated rings. The molecule has 2 atom stereocenters. The molecule has 2 unspecified atom stereocenters. The van der Waals surface area contributed by atoms with Gasteiger partial charge in [0.1, 0.15) is 5.75 Å². The second-order valence-corrected chi connectivity index (χ2v) is 4.98. The van der Waals surface area contributed by atoms with Crippen LogP contribution in [0, 0.1) is 0 Å². The molecule has 0 heterocycles. The van der Waals surface area contributed by atoms with Crippen LogP contribution in [0.15, 0.2) is 22.7 Å². The number of hydrogen-bond acceptors (Lipinski definition) is 4. The number of methoxy groups -OCH3 is 2. The van der Waals surface area contributed by atoms with Crippen LogP contribution in [0.2, 0.25) is 0 Å². The van der Waals surface area contributed by atoms with Crippen LogP contribution < -0.4 is 15.8 Å². The zero-order valence-electron chi connectivity index (χ0n) is 11.1. The van der Waals surface area contributed by atoms with Crippen molar-refractivity contribution in [1.29, 1.82) is 0 Å². The molecule has 0 amide bonds. The van der Waals surface area contributed by atoms with E-state index in [1.165, 1.54) is 0 Å². The van der Waals surface area contributed by atoms with Crippen LogP contribution in [0.1, 0.15) is 18.5 Å². The first-order valence-corrected chi connectivity index (χ1v) is 6.71. The Bertz CT molecular complexity index is 374. The van der Waals surface area contributed by atoms with Gasteiger partial charge in [-0.1, -0.05) is 15.9 Å². The Kier molecular flexibility index (Phi) is 6.63. The highest BCUT2D eigenvalue weighted by Gasteiger charge is 2.14. The Labute approximate surface area is 117 Å². The molecule has 1 aromatic carbocycles. The van der Waals surface area contributed by atoms with Gasteiger partial charge in [-0.25, -0.2) is 0 Å². The number of hydrogen-bond donors (Lipinski definition) is 2. The van der Waals surface area contributed by atoms with Gasteiger partial charge < -0.3 is 20.5 Å². The maximum absolute atomic E-state index is 5.83. The van der Waals surface area contributed by atoms with Crippen molar-refractivity contribution in [2.24, 2.45) is 5.73 Å². The van der Waals surface area contributed by atoms with Gasteiger partial charge in [-0.2, -0.15) is 0 Å². The molecule has 1 rings (SSSR count). The van der Waals surface area contributed by atoms with Crippen LogP contribution in [0.3, 0.4) is 0 Å². The highest BCUT2D eigenvalue weighted by molar-refractivity contribution is 9.10. The molecular weight excluding hydrogens is 296 g/mol. The van der Waals surface area contributed by atoms with E-state index in [1.54, 1.807) is 14.2 Å². The van der Waals surface area contributed by atoms with Crippen molar-refractivity contribution in [3.63, 3.8) is 0 Å². The fourth-order valence-corrected chi connectivity index (χ4v) is 2.15. The van der Waals surface area contributed by atoms with Gasteiger partial charge in [0, 0.05) is 30.7 Å². The van der Waals surface area contributed by atoms with Gasteiger partial charge in [0.15, 0.2) is 0 Å². The van der Waals surface area contributed by atoms with Crippen molar-refractivity contribution in [2.75, 3.05) is 27.3 Å². The van der Waals surface area contributed by atoms with Gasteiger partial charge in [-0.05, 0) is 30.7 Å². The predicted molar refractivity (Wildman–Crippen MR) is 77.0 cm³/mol. The lowest BCUT2D eigenvalue weighted by atomic mass is 10.1. The zero-order valence-corrected chi connectivity index (χ0v) is 12.7. The Morgan fingerprint density at radius 1 is 1.39 bits per heavy atom. The summed E-state index contributed by atoms with van der Waals surface area (Å²) >= 11 is 3.54. The summed E-state index contributed by atoms with van der Waals surface area (Å²) in [6.45, 7) is 3.28. The van der Waals surface area contributed by atoms with Crippen LogP contribution in [-0.4, -0.2) is 33.4 Å². The molecule has 0 aliphatic rings. The van der Waals surface area contributed by atoms with Crippen molar-refractivity contribution in [3.05, 3.63) is 28.2 Å². The molecular formula is C13H21BrN2O2. The average molecular weight is 317 g/mol. The third kappa shape index (κ3) is 4.24. The summed E-state index contributed by atoms with van der Waals surface area (Å²) in [7, 11) is 3.36. The van der Waals surface area contributed by atoms with Gasteiger partial charge >= 0.3 is 0 Å². The molecule has 3 N–H and O–H groups in total. The molecule has 0 aliphatic carbocycles. The van der Waals surface area contributed by atoms with Crippen molar-refractivity contribution in [1.82, 2.24) is 5.32 Å². The number of benzene rings is 1. The molecule has 0 saturated carbocycles. The second-order valence-electron chi connectivity index (χ2n) is 4.13. The summed E-state index contributed by atoms with van der Waals surface area (Å²) < 4.78 is 11.5. The van der Waals surface area contributed by atoms with Crippen molar-refractivity contribution < 1.29 is 9.47 Å². The first kappa shape index (κ1) is 15.4. The van der Waals surface area contributed by atoms with E-state index < -0.39 is 0 Å². The Balaban J connectivity index is 2.80. The molecule has 102 valence electrons. The van der Waals surface area contributed by atoms with E-state index in [1.807, 2.05) is 25.1 Å². The maximum atomic E-state index is 5.83. The summed E-state index contributed by atoms with van der Waals surface area (Å²) in [6, 6.07) is 5.95. The highest BCUT2D eigenvalue weighted by atomic mass is 79.9. The molecule has 4 nitrogen and oxygen atoms in total. The third-order valence-electron chi connectivity index (χ3n) is 2.87. The first-order chi connectivity index (χ1) is 8.62. The second kappa shape index (κ2) is 7.74. The minimum Gasteiger partial charge on any atom is -0.497 e. The summed E-state index contributed by atoms with van der Waals surface area (Å²) in [4.78, 5) is 0. The summed E-state index contributed by atoms with van der Waals surface area (Å²) in [5, 5.41) is 3.39. The van der Waals surface area contributed by atoms with Crippen LogP contribution in [0.5, 0.6) is 5.75 Å². The van der Waals surface area contributed by atoms with Crippen molar-refractivity contribution in [3.8, 4) is 5.75 Å². The van der Waals surface area contributed by atoms with Gasteiger partial charge in [0.05, 0.1) is 13.2 Å². The van der Waals surface area contributed by atoms with E-state index in [0.29, 0.717) is 6.54 Å². The number of nitrogens with one attached hydrogen (secondary N) is 1. The smallest absolute Gasteiger partial charge is 0.119 e. The zero-order chi connectivity index (χ0) is 13.5. The summed E-state index contributed by atoms with van der Waals surface area (Å²) in [6.07, 6.45) is 0.156. The topological polar surface area (TPSA) is 56.5 Å². The van der Waals surface area contributed by atoms with Gasteiger partial charge in [0.2, 0.25) is 0 Å². The normalized spacial score (nSPS) is 14.3. The van der Waals surface area contributed by atoms with E-state index in [4.69, 9.17) is 15.2 Å². The molecule has 0 spiro atoms. The SMILES string of the molecule is COc1ccc(Br)c(C(CN)NCC(C)OC)c1. The largest absolute Gasteiger partial charge is 0.497 e. The summed E-state index contributed by atoms with van der Waals surface area (Å²) in [5.41, 5.74) is 6.93. The number of nitrogens with two attached hydrogens (primary N) is 1. The van der Waals surface area contributed by atoms with Crippen LogP contribution in [0.25, 0.3) is 0 Å². The number of ether oxygens (including phenoxy) is 2. The average Bonchev–Trinajstić information content (AvgIpc) is 2.40. The molecule has 0 aromatic heterocycles. The van der Waals surface area contributed by atoms with E-state index >= 15 is 0 Å². The standard InChI is InChI=1S/C13H21BrN2O2/c1-9(17-2)8-16-13(7-15)11-6-10(18-3)4-5-12(11)14/h4-6,9,13,16H,7-8,15H2,1-3H3. The molecule has 5 heteroatoms. The molecule has 1 aromatic rings. The molecule has 0 radical (unpaired) electrons. The van der Waals surface area contributed by atoms with Crippen molar-refractivity contribution >= 4 is 15.9 Å². The molecule has 18 heavy (non-hydrogen) atoms. The fraction of sp³-hybridized carbons (Fsp3) is 0.538. The maximum Gasteiger partial charge on any atom is 0.119 e. The monoisotopic (exact) mass is 316 g/mol.